The molecule has 1 N–H and O–H groups in total. The normalized spacial score (nSPS) is 26.7. The van der Waals surface area contributed by atoms with Crippen LogP contribution in [0, 0.1) is 0 Å². The summed E-state index contributed by atoms with van der Waals surface area (Å²) in [5.74, 6) is 1.11. The van der Waals surface area contributed by atoms with Crippen LogP contribution >= 0.6 is 0 Å². The summed E-state index contributed by atoms with van der Waals surface area (Å²) in [6.45, 7) is 3.85. The lowest BCUT2D eigenvalue weighted by molar-refractivity contribution is 0.141. The van der Waals surface area contributed by atoms with E-state index in [4.69, 9.17) is 9.84 Å². The highest BCUT2D eigenvalue weighted by molar-refractivity contribution is 5.04. The monoisotopic (exact) mass is 128 g/mol. The second kappa shape index (κ2) is 2.29. The molecule has 9 heavy (non-hydrogen) atoms. The van der Waals surface area contributed by atoms with Crippen LogP contribution in [0.25, 0.3) is 0 Å². The van der Waals surface area contributed by atoms with Gasteiger partial charge in [-0.2, -0.15) is 0 Å². The fourth-order valence-electron chi connectivity index (χ4n) is 0.947. The average molecular weight is 128 g/mol. The topological polar surface area (TPSA) is 29.5 Å². The minimum Gasteiger partial charge on any atom is -0.509 e. The van der Waals surface area contributed by atoms with Crippen molar-refractivity contribution in [3.63, 3.8) is 0 Å². The van der Waals surface area contributed by atoms with E-state index in [0.717, 1.165) is 6.42 Å². The van der Waals surface area contributed by atoms with Crippen molar-refractivity contribution in [2.45, 2.75) is 32.8 Å². The molecule has 0 aromatic carbocycles. The quantitative estimate of drug-likeness (QED) is 0.585. The highest BCUT2D eigenvalue weighted by Gasteiger charge is 2.20. The minimum absolute atomic E-state index is 0.227. The number of hydrogen-bond acceptors (Lipinski definition) is 2. The van der Waals surface area contributed by atoms with Crippen LogP contribution in [0.2, 0.25) is 0 Å². The van der Waals surface area contributed by atoms with E-state index >= 15 is 0 Å². The highest BCUT2D eigenvalue weighted by Crippen LogP contribution is 2.23. The van der Waals surface area contributed by atoms with Gasteiger partial charge in [-0.1, -0.05) is 6.92 Å². The van der Waals surface area contributed by atoms with Crippen molar-refractivity contribution in [3.05, 3.63) is 11.5 Å². The number of aliphatic hydroxyl groups is 1. The molecule has 1 aliphatic rings. The first-order valence-corrected chi connectivity index (χ1v) is 3.29. The summed E-state index contributed by atoms with van der Waals surface area (Å²) < 4.78 is 5.25. The van der Waals surface area contributed by atoms with Crippen molar-refractivity contribution in [2.24, 2.45) is 0 Å². The molecule has 0 aliphatic carbocycles. The van der Waals surface area contributed by atoms with Gasteiger partial charge in [0.2, 0.25) is 0 Å². The zero-order chi connectivity index (χ0) is 6.85. The predicted molar refractivity (Wildman–Crippen MR) is 35.1 cm³/mol. The summed E-state index contributed by atoms with van der Waals surface area (Å²) in [5, 5.41) is 9.05. The molecule has 0 saturated carbocycles. The van der Waals surface area contributed by atoms with E-state index in [-0.39, 0.29) is 6.10 Å². The molecule has 0 aromatic heterocycles. The summed E-state index contributed by atoms with van der Waals surface area (Å²) in [4.78, 5) is 0. The number of hydrogen-bond donors (Lipinski definition) is 1. The summed E-state index contributed by atoms with van der Waals surface area (Å²) in [6.07, 6.45) is 1.90. The fourth-order valence-corrected chi connectivity index (χ4v) is 0.947. The zero-order valence-corrected chi connectivity index (χ0v) is 5.85. The van der Waals surface area contributed by atoms with Crippen LogP contribution in [0.1, 0.15) is 26.7 Å². The molecule has 0 amide bonds. The standard InChI is InChI=1S/C7H12O2/c1-3-6-4-7(8)5(2)9-6/h6,8H,3-4H2,1-2H3. The third kappa shape index (κ3) is 1.18. The van der Waals surface area contributed by atoms with Crippen molar-refractivity contribution in [2.75, 3.05) is 0 Å². The molecule has 2 nitrogen and oxygen atoms in total. The molecule has 1 unspecified atom stereocenters. The molecular formula is C7H12O2. The largest absolute Gasteiger partial charge is 0.509 e. The van der Waals surface area contributed by atoms with Crippen LogP contribution in [-0.2, 0) is 4.74 Å². The molecule has 0 aromatic rings. The zero-order valence-electron chi connectivity index (χ0n) is 5.85. The van der Waals surface area contributed by atoms with Gasteiger partial charge in [-0.3, -0.25) is 0 Å². The lowest BCUT2D eigenvalue weighted by Gasteiger charge is -2.05. The van der Waals surface area contributed by atoms with Crippen molar-refractivity contribution < 1.29 is 9.84 Å². The molecule has 1 rings (SSSR count). The maximum absolute atomic E-state index is 9.05. The molecule has 0 radical (unpaired) electrons. The minimum atomic E-state index is 0.227. The number of rotatable bonds is 1. The van der Waals surface area contributed by atoms with Crippen molar-refractivity contribution in [3.8, 4) is 0 Å². The van der Waals surface area contributed by atoms with E-state index in [2.05, 4.69) is 6.92 Å². The third-order valence-electron chi connectivity index (χ3n) is 1.63. The van der Waals surface area contributed by atoms with Gasteiger partial charge in [-0.05, 0) is 13.3 Å². The Balaban J connectivity index is 2.48. The molecule has 0 spiro atoms. The lowest BCUT2D eigenvalue weighted by Crippen LogP contribution is -2.02. The Morgan fingerprint density at radius 2 is 2.44 bits per heavy atom. The Bertz CT molecular complexity index is 124. The number of aliphatic hydroxyl groups excluding tert-OH is 1. The Hall–Kier alpha value is -0.660. The average Bonchev–Trinajstić information content (AvgIpc) is 2.13. The van der Waals surface area contributed by atoms with Crippen LogP contribution in [-0.4, -0.2) is 11.2 Å². The summed E-state index contributed by atoms with van der Waals surface area (Å²) >= 11 is 0. The van der Waals surface area contributed by atoms with E-state index in [1.807, 2.05) is 0 Å². The smallest absolute Gasteiger partial charge is 0.133 e. The van der Waals surface area contributed by atoms with Gasteiger partial charge in [-0.25, -0.2) is 0 Å². The molecule has 1 aliphatic heterocycles. The third-order valence-corrected chi connectivity index (χ3v) is 1.63. The maximum atomic E-state index is 9.05. The summed E-state index contributed by atoms with van der Waals surface area (Å²) in [6, 6.07) is 0. The van der Waals surface area contributed by atoms with E-state index < -0.39 is 0 Å². The second-order valence-electron chi connectivity index (χ2n) is 2.36. The second-order valence-corrected chi connectivity index (χ2v) is 2.36. The van der Waals surface area contributed by atoms with Crippen LogP contribution in [0.15, 0.2) is 11.5 Å². The van der Waals surface area contributed by atoms with Gasteiger partial charge in [0.15, 0.2) is 0 Å². The predicted octanol–water partition coefficient (Wildman–Crippen LogP) is 1.97. The molecule has 2 heteroatoms. The van der Waals surface area contributed by atoms with Crippen LogP contribution < -0.4 is 0 Å². The first-order valence-electron chi connectivity index (χ1n) is 3.29. The van der Waals surface area contributed by atoms with E-state index in [1.54, 1.807) is 6.92 Å². The first kappa shape index (κ1) is 6.46. The van der Waals surface area contributed by atoms with Gasteiger partial charge in [0.1, 0.15) is 17.6 Å². The van der Waals surface area contributed by atoms with Crippen molar-refractivity contribution in [1.29, 1.82) is 0 Å². The Morgan fingerprint density at radius 3 is 2.67 bits per heavy atom. The van der Waals surface area contributed by atoms with E-state index in [0.29, 0.717) is 17.9 Å². The molecular weight excluding hydrogens is 116 g/mol. The van der Waals surface area contributed by atoms with Crippen LogP contribution in [0.5, 0.6) is 0 Å². The van der Waals surface area contributed by atoms with Gasteiger partial charge < -0.3 is 9.84 Å². The lowest BCUT2D eigenvalue weighted by atomic mass is 10.2. The van der Waals surface area contributed by atoms with Crippen LogP contribution in [0.4, 0.5) is 0 Å². The summed E-state index contributed by atoms with van der Waals surface area (Å²) in [5.41, 5.74) is 0. The molecule has 0 fully saturated rings. The van der Waals surface area contributed by atoms with Crippen molar-refractivity contribution >= 4 is 0 Å². The Labute approximate surface area is 55.1 Å². The molecule has 52 valence electrons. The summed E-state index contributed by atoms with van der Waals surface area (Å²) in [7, 11) is 0. The van der Waals surface area contributed by atoms with Gasteiger partial charge in [0.05, 0.1) is 0 Å². The SMILES string of the molecule is CCC1CC(O)=C(C)O1. The Morgan fingerprint density at radius 1 is 1.78 bits per heavy atom. The van der Waals surface area contributed by atoms with Gasteiger partial charge in [0.25, 0.3) is 0 Å². The molecule has 0 bridgehead atoms. The highest BCUT2D eigenvalue weighted by atomic mass is 16.5. The van der Waals surface area contributed by atoms with Crippen molar-refractivity contribution in [1.82, 2.24) is 0 Å². The van der Waals surface area contributed by atoms with Crippen LogP contribution in [0.3, 0.4) is 0 Å². The fraction of sp³-hybridized carbons (Fsp3) is 0.714. The Kier molecular flexibility index (Phi) is 1.65. The van der Waals surface area contributed by atoms with E-state index in [1.165, 1.54) is 0 Å². The first-order chi connectivity index (χ1) is 4.24. The molecule has 1 heterocycles. The van der Waals surface area contributed by atoms with Gasteiger partial charge >= 0.3 is 0 Å². The number of allylic oxidation sites excluding steroid dienone is 1. The van der Waals surface area contributed by atoms with E-state index in [9.17, 15) is 0 Å². The number of ether oxygens (including phenoxy) is 1. The maximum Gasteiger partial charge on any atom is 0.133 e. The van der Waals surface area contributed by atoms with Gasteiger partial charge in [-0.15, -0.1) is 0 Å². The molecule has 0 saturated heterocycles. The van der Waals surface area contributed by atoms with Gasteiger partial charge in [0, 0.05) is 6.42 Å². The molecule has 1 atom stereocenters.